The highest BCUT2D eigenvalue weighted by Gasteiger charge is 2.13. The number of hydrogen-bond acceptors (Lipinski definition) is 4. The van der Waals surface area contributed by atoms with Crippen LogP contribution in [0.2, 0.25) is 0 Å². The maximum absolute atomic E-state index is 11.4. The van der Waals surface area contributed by atoms with E-state index in [1.54, 1.807) is 0 Å². The number of carboxylic acid groups (broad SMARTS) is 1. The third kappa shape index (κ3) is 6.72. The summed E-state index contributed by atoms with van der Waals surface area (Å²) in [5.74, 6) is -1.61. The summed E-state index contributed by atoms with van der Waals surface area (Å²) in [6.07, 6.45) is 4.93. The number of benzene rings is 1. The molecule has 0 saturated heterocycles. The topological polar surface area (TPSA) is 83.8 Å². The summed E-state index contributed by atoms with van der Waals surface area (Å²) in [5.41, 5.74) is 2.52. The summed E-state index contributed by atoms with van der Waals surface area (Å²) in [7, 11) is 0. The summed E-state index contributed by atoms with van der Waals surface area (Å²) in [6.45, 7) is 4.21. The minimum Gasteiger partial charge on any atom is -0.507 e. The number of aliphatic carboxylic acids is 1. The molecule has 1 aromatic carbocycles. The number of unbranched alkanes of at least 4 members (excludes halogenated alkanes) is 2. The largest absolute Gasteiger partial charge is 0.507 e. The third-order valence-corrected chi connectivity index (χ3v) is 3.62. The second kappa shape index (κ2) is 9.87. The van der Waals surface area contributed by atoms with Crippen LogP contribution in [0.15, 0.2) is 12.1 Å². The number of ether oxygens (including phenoxy) is 1. The highest BCUT2D eigenvalue weighted by atomic mass is 16.5. The molecule has 0 heterocycles. The number of esters is 1. The normalized spacial score (nSPS) is 10.5. The highest BCUT2D eigenvalue weighted by Crippen LogP contribution is 2.28. The maximum Gasteiger partial charge on any atom is 0.317 e. The molecule has 5 heteroatoms. The van der Waals surface area contributed by atoms with Crippen molar-refractivity contribution in [3.63, 3.8) is 0 Å². The Morgan fingerprint density at radius 1 is 1.04 bits per heavy atom. The molecule has 0 aliphatic rings. The Morgan fingerprint density at radius 2 is 1.57 bits per heavy atom. The van der Waals surface area contributed by atoms with E-state index in [0.717, 1.165) is 55.2 Å². The van der Waals surface area contributed by atoms with Crippen molar-refractivity contribution in [2.24, 2.45) is 0 Å². The van der Waals surface area contributed by atoms with Gasteiger partial charge in [-0.25, -0.2) is 0 Å². The van der Waals surface area contributed by atoms with Gasteiger partial charge in [-0.15, -0.1) is 0 Å². The van der Waals surface area contributed by atoms with E-state index >= 15 is 0 Å². The number of phenolic OH excluding ortho intramolecular Hbond substituents is 1. The Morgan fingerprint density at radius 3 is 2.00 bits per heavy atom. The Labute approximate surface area is 137 Å². The molecule has 1 aromatic rings. The first-order chi connectivity index (χ1) is 11.0. The van der Waals surface area contributed by atoms with Crippen LogP contribution in [0.1, 0.15) is 62.6 Å². The zero-order valence-electron chi connectivity index (χ0n) is 13.9. The Hall–Kier alpha value is -2.04. The van der Waals surface area contributed by atoms with Gasteiger partial charge in [0.1, 0.15) is 18.8 Å². The smallest absolute Gasteiger partial charge is 0.317 e. The summed E-state index contributed by atoms with van der Waals surface area (Å²) >= 11 is 0. The monoisotopic (exact) mass is 322 g/mol. The van der Waals surface area contributed by atoms with Gasteiger partial charge in [0.05, 0.1) is 0 Å². The van der Waals surface area contributed by atoms with Crippen molar-refractivity contribution < 1.29 is 24.5 Å². The van der Waals surface area contributed by atoms with Gasteiger partial charge in [-0.3, -0.25) is 9.59 Å². The lowest BCUT2D eigenvalue weighted by Crippen LogP contribution is -2.10. The van der Waals surface area contributed by atoms with E-state index in [9.17, 15) is 14.7 Å². The number of phenols is 1. The molecule has 5 nitrogen and oxygen atoms in total. The van der Waals surface area contributed by atoms with Crippen LogP contribution in [0.3, 0.4) is 0 Å². The lowest BCUT2D eigenvalue weighted by atomic mass is 9.97. The van der Waals surface area contributed by atoms with Crippen molar-refractivity contribution in [2.45, 2.75) is 65.4 Å². The van der Waals surface area contributed by atoms with Crippen LogP contribution in [0.5, 0.6) is 5.75 Å². The molecule has 128 valence electrons. The van der Waals surface area contributed by atoms with E-state index in [4.69, 9.17) is 9.84 Å². The number of aryl methyl sites for hydroxylation is 2. The molecular formula is C18H26O5. The lowest BCUT2D eigenvalue weighted by Gasteiger charge is -2.13. The average Bonchev–Trinajstić information content (AvgIpc) is 2.50. The Kier molecular flexibility index (Phi) is 8.16. The second-order valence-electron chi connectivity index (χ2n) is 5.70. The van der Waals surface area contributed by atoms with Crippen molar-refractivity contribution in [2.75, 3.05) is 0 Å². The van der Waals surface area contributed by atoms with Crippen LogP contribution in [0, 0.1) is 0 Å². The van der Waals surface area contributed by atoms with Crippen LogP contribution in [0.25, 0.3) is 0 Å². The van der Waals surface area contributed by atoms with Crippen molar-refractivity contribution in [3.8, 4) is 5.75 Å². The number of carbonyl (C=O) groups is 2. The predicted octanol–water partition coefficient (Wildman–Crippen LogP) is 3.60. The van der Waals surface area contributed by atoms with E-state index in [1.807, 2.05) is 12.1 Å². The molecule has 2 N–H and O–H groups in total. The minimum absolute atomic E-state index is 0.0324. The van der Waals surface area contributed by atoms with E-state index in [0.29, 0.717) is 5.75 Å². The molecule has 0 fully saturated rings. The van der Waals surface area contributed by atoms with Gasteiger partial charge in [0.15, 0.2) is 0 Å². The Balaban J connectivity index is 2.87. The third-order valence-electron chi connectivity index (χ3n) is 3.62. The molecule has 0 bridgehead atoms. The number of rotatable bonds is 10. The number of carboxylic acids is 1. The molecule has 23 heavy (non-hydrogen) atoms. The van der Waals surface area contributed by atoms with Gasteiger partial charge in [0, 0.05) is 0 Å². The van der Waals surface area contributed by atoms with Crippen molar-refractivity contribution >= 4 is 11.9 Å². The first kappa shape index (κ1) is 19.0. The predicted molar refractivity (Wildman–Crippen MR) is 87.4 cm³/mol. The van der Waals surface area contributed by atoms with Gasteiger partial charge in [0.2, 0.25) is 0 Å². The fraction of sp³-hybridized carbons (Fsp3) is 0.556. The zero-order chi connectivity index (χ0) is 17.2. The molecular weight excluding hydrogens is 296 g/mol. The standard InChI is InChI=1S/C18H26O5/c1-3-5-7-14-9-13(12-23-17(21)11-16(19)20)10-15(18(14)22)8-6-4-2/h9-10,22H,3-8,11-12H2,1-2H3,(H,19,20). The van der Waals surface area contributed by atoms with E-state index in [-0.39, 0.29) is 6.61 Å². The number of hydrogen-bond donors (Lipinski definition) is 2. The fourth-order valence-electron chi connectivity index (χ4n) is 2.37. The first-order valence-electron chi connectivity index (χ1n) is 8.18. The van der Waals surface area contributed by atoms with Crippen molar-refractivity contribution in [1.29, 1.82) is 0 Å². The molecule has 0 amide bonds. The summed E-state index contributed by atoms with van der Waals surface area (Å²) in [6, 6.07) is 3.68. The molecule has 0 aliphatic heterocycles. The molecule has 1 rings (SSSR count). The molecule has 0 saturated carbocycles. The maximum atomic E-state index is 11.4. The Bertz CT molecular complexity index is 507. The molecule has 0 atom stereocenters. The minimum atomic E-state index is -1.20. The van der Waals surface area contributed by atoms with Crippen LogP contribution in [0.4, 0.5) is 0 Å². The second-order valence-corrected chi connectivity index (χ2v) is 5.70. The quantitative estimate of drug-likeness (QED) is 0.508. The summed E-state index contributed by atoms with van der Waals surface area (Å²) in [5, 5.41) is 18.9. The molecule has 0 spiro atoms. The van der Waals surface area contributed by atoms with Gasteiger partial charge >= 0.3 is 11.9 Å². The van der Waals surface area contributed by atoms with Crippen molar-refractivity contribution in [3.05, 3.63) is 28.8 Å². The highest BCUT2D eigenvalue weighted by molar-refractivity contribution is 5.90. The van der Waals surface area contributed by atoms with Gasteiger partial charge in [0.25, 0.3) is 0 Å². The fourth-order valence-corrected chi connectivity index (χ4v) is 2.37. The van der Waals surface area contributed by atoms with Crippen LogP contribution < -0.4 is 0 Å². The summed E-state index contributed by atoms with van der Waals surface area (Å²) in [4.78, 5) is 21.8. The zero-order valence-corrected chi connectivity index (χ0v) is 13.9. The van der Waals surface area contributed by atoms with Gasteiger partial charge in [-0.2, -0.15) is 0 Å². The first-order valence-corrected chi connectivity index (χ1v) is 8.18. The lowest BCUT2D eigenvalue weighted by molar-refractivity contribution is -0.152. The van der Waals surface area contributed by atoms with E-state index < -0.39 is 18.4 Å². The van der Waals surface area contributed by atoms with Crippen molar-refractivity contribution in [1.82, 2.24) is 0 Å². The van der Waals surface area contributed by atoms with Gasteiger partial charge in [-0.05, 0) is 54.5 Å². The number of aromatic hydroxyl groups is 1. The van der Waals surface area contributed by atoms with Gasteiger partial charge < -0.3 is 14.9 Å². The van der Waals surface area contributed by atoms with Crippen LogP contribution >= 0.6 is 0 Å². The molecule has 0 unspecified atom stereocenters. The molecule has 0 aromatic heterocycles. The number of carbonyl (C=O) groups excluding carboxylic acids is 1. The molecule has 0 aliphatic carbocycles. The summed E-state index contributed by atoms with van der Waals surface area (Å²) < 4.78 is 5.00. The van der Waals surface area contributed by atoms with E-state index in [1.165, 1.54) is 0 Å². The van der Waals surface area contributed by atoms with Crippen LogP contribution in [-0.2, 0) is 33.8 Å². The van der Waals surface area contributed by atoms with Gasteiger partial charge in [-0.1, -0.05) is 26.7 Å². The average molecular weight is 322 g/mol. The van der Waals surface area contributed by atoms with E-state index in [2.05, 4.69) is 13.8 Å². The van der Waals surface area contributed by atoms with Crippen LogP contribution in [-0.4, -0.2) is 22.2 Å². The SMILES string of the molecule is CCCCc1cc(COC(=O)CC(=O)O)cc(CCCC)c1O. The molecule has 0 radical (unpaired) electrons.